The van der Waals surface area contributed by atoms with E-state index in [4.69, 9.17) is 11.6 Å². The summed E-state index contributed by atoms with van der Waals surface area (Å²) in [5, 5.41) is 8.46. The molecule has 2 heterocycles. The van der Waals surface area contributed by atoms with Gasteiger partial charge in [0.15, 0.2) is 5.52 Å². The van der Waals surface area contributed by atoms with Crippen molar-refractivity contribution in [2.75, 3.05) is 12.0 Å². The van der Waals surface area contributed by atoms with Crippen LogP contribution in [0.2, 0.25) is 5.02 Å². The van der Waals surface area contributed by atoms with Gasteiger partial charge in [0, 0.05) is 12.7 Å². The van der Waals surface area contributed by atoms with E-state index in [1.54, 1.807) is 17.1 Å². The first-order valence-corrected chi connectivity index (χ1v) is 5.30. The molecule has 0 atom stereocenters. The fourth-order valence-electron chi connectivity index (χ4n) is 1.27. The van der Waals surface area contributed by atoms with E-state index >= 15 is 0 Å². The van der Waals surface area contributed by atoms with Gasteiger partial charge in [-0.25, -0.2) is 4.98 Å². The van der Waals surface area contributed by atoms with Crippen LogP contribution >= 0.6 is 11.6 Å². The fourth-order valence-corrected chi connectivity index (χ4v) is 1.45. The van der Waals surface area contributed by atoms with Crippen LogP contribution in [-0.2, 0) is 0 Å². The number of fused-ring (bicyclic) bond motifs is 1. The average Bonchev–Trinajstić information content (AvgIpc) is 2.64. The third kappa shape index (κ3) is 2.02. The van der Waals surface area contributed by atoms with Crippen LogP contribution in [0.15, 0.2) is 12.3 Å². The molecule has 0 fully saturated rings. The molecular weight excluding hydrogens is 214 g/mol. The van der Waals surface area contributed by atoms with Gasteiger partial charge in [-0.2, -0.15) is 0 Å². The van der Waals surface area contributed by atoms with E-state index in [0.717, 1.165) is 19.4 Å². The van der Waals surface area contributed by atoms with Crippen LogP contribution in [0.5, 0.6) is 0 Å². The van der Waals surface area contributed by atoms with Gasteiger partial charge in [-0.05, 0) is 17.7 Å². The maximum absolute atomic E-state index is 5.95. The second-order valence-corrected chi connectivity index (χ2v) is 3.64. The van der Waals surface area contributed by atoms with Gasteiger partial charge in [0.05, 0.1) is 5.02 Å². The van der Waals surface area contributed by atoms with Gasteiger partial charge in [0.25, 0.3) is 0 Å². The molecule has 5 nitrogen and oxygen atoms in total. The molecule has 2 aromatic heterocycles. The van der Waals surface area contributed by atoms with Crippen LogP contribution in [0.4, 0.5) is 0 Å². The van der Waals surface area contributed by atoms with Gasteiger partial charge >= 0.3 is 0 Å². The third-order valence-electron chi connectivity index (χ3n) is 2.08. The molecular formula is C9H12ClN5. The summed E-state index contributed by atoms with van der Waals surface area (Å²) in [4.78, 5) is 5.74. The average molecular weight is 226 g/mol. The van der Waals surface area contributed by atoms with Crippen molar-refractivity contribution in [1.82, 2.24) is 20.1 Å². The SMILES string of the molecule is CCCCNn1nnc2c(Cl)ccnc21. The molecule has 0 radical (unpaired) electrons. The second-order valence-electron chi connectivity index (χ2n) is 3.23. The number of hydrogen-bond acceptors (Lipinski definition) is 4. The minimum Gasteiger partial charge on any atom is -0.307 e. The summed E-state index contributed by atoms with van der Waals surface area (Å²) in [7, 11) is 0. The molecule has 6 heteroatoms. The molecule has 0 aliphatic carbocycles. The van der Waals surface area contributed by atoms with E-state index < -0.39 is 0 Å². The molecule has 0 saturated carbocycles. The fraction of sp³-hybridized carbons (Fsp3) is 0.444. The Morgan fingerprint density at radius 3 is 3.20 bits per heavy atom. The quantitative estimate of drug-likeness (QED) is 0.807. The van der Waals surface area contributed by atoms with Crippen LogP contribution in [0.1, 0.15) is 19.8 Å². The highest BCUT2D eigenvalue weighted by atomic mass is 35.5. The highest BCUT2D eigenvalue weighted by molar-refractivity contribution is 6.34. The van der Waals surface area contributed by atoms with Crippen molar-refractivity contribution in [3.05, 3.63) is 17.3 Å². The summed E-state index contributed by atoms with van der Waals surface area (Å²) in [5.74, 6) is 0. The number of hydrogen-bond donors (Lipinski definition) is 1. The Balaban J connectivity index is 2.25. The Labute approximate surface area is 92.4 Å². The van der Waals surface area contributed by atoms with Gasteiger partial charge in [0.1, 0.15) is 0 Å². The molecule has 2 rings (SSSR count). The number of aromatic nitrogens is 4. The lowest BCUT2D eigenvalue weighted by Crippen LogP contribution is -2.17. The Hall–Kier alpha value is -1.36. The molecule has 0 amide bonds. The zero-order valence-corrected chi connectivity index (χ0v) is 9.20. The Kier molecular flexibility index (Phi) is 3.01. The number of rotatable bonds is 4. The zero-order valence-electron chi connectivity index (χ0n) is 8.44. The molecule has 15 heavy (non-hydrogen) atoms. The lowest BCUT2D eigenvalue weighted by molar-refractivity contribution is 0.676. The Morgan fingerprint density at radius 1 is 1.53 bits per heavy atom. The second kappa shape index (κ2) is 4.44. The topological polar surface area (TPSA) is 55.6 Å². The molecule has 0 spiro atoms. The molecule has 0 bridgehead atoms. The van der Waals surface area contributed by atoms with Crippen LogP contribution in [0.3, 0.4) is 0 Å². The number of pyridine rings is 1. The maximum Gasteiger partial charge on any atom is 0.202 e. The molecule has 0 saturated heterocycles. The molecule has 1 N–H and O–H groups in total. The summed E-state index contributed by atoms with van der Waals surface area (Å²) in [5.41, 5.74) is 4.41. The van der Waals surface area contributed by atoms with Crippen molar-refractivity contribution in [3.63, 3.8) is 0 Å². The predicted molar refractivity (Wildman–Crippen MR) is 59.5 cm³/mol. The van der Waals surface area contributed by atoms with Crippen LogP contribution in [-0.4, -0.2) is 26.6 Å². The number of nitrogens with one attached hydrogen (secondary N) is 1. The predicted octanol–water partition coefficient (Wildman–Crippen LogP) is 1.82. The van der Waals surface area contributed by atoms with Crippen molar-refractivity contribution in [1.29, 1.82) is 0 Å². The van der Waals surface area contributed by atoms with E-state index in [1.165, 1.54) is 0 Å². The summed E-state index contributed by atoms with van der Waals surface area (Å²) >= 11 is 5.95. The van der Waals surface area contributed by atoms with Crippen LogP contribution in [0.25, 0.3) is 11.2 Å². The minimum atomic E-state index is 0.573. The molecule has 2 aromatic rings. The molecule has 0 aromatic carbocycles. The molecule has 0 aliphatic heterocycles. The van der Waals surface area contributed by atoms with E-state index in [9.17, 15) is 0 Å². The lowest BCUT2D eigenvalue weighted by atomic mass is 10.3. The third-order valence-corrected chi connectivity index (χ3v) is 2.39. The van der Waals surface area contributed by atoms with Gasteiger partial charge in [-0.1, -0.05) is 24.9 Å². The first-order chi connectivity index (χ1) is 7.33. The first kappa shape index (κ1) is 10.2. The van der Waals surface area contributed by atoms with Crippen LogP contribution < -0.4 is 5.43 Å². The summed E-state index contributed by atoms with van der Waals surface area (Å²) in [6.45, 7) is 2.99. The van der Waals surface area contributed by atoms with Crippen LogP contribution in [0, 0.1) is 0 Å². The molecule has 80 valence electrons. The number of nitrogens with zero attached hydrogens (tertiary/aromatic N) is 4. The van der Waals surface area contributed by atoms with E-state index in [0.29, 0.717) is 16.2 Å². The van der Waals surface area contributed by atoms with Crippen molar-refractivity contribution < 1.29 is 0 Å². The largest absolute Gasteiger partial charge is 0.307 e. The molecule has 0 aliphatic rings. The lowest BCUT2D eigenvalue weighted by Gasteiger charge is -2.03. The van der Waals surface area contributed by atoms with Crippen molar-refractivity contribution in [2.45, 2.75) is 19.8 Å². The van der Waals surface area contributed by atoms with Crippen molar-refractivity contribution in [3.8, 4) is 0 Å². The van der Waals surface area contributed by atoms with Gasteiger partial charge < -0.3 is 5.43 Å². The van der Waals surface area contributed by atoms with E-state index in [2.05, 4.69) is 27.6 Å². The Morgan fingerprint density at radius 2 is 2.40 bits per heavy atom. The molecule has 0 unspecified atom stereocenters. The van der Waals surface area contributed by atoms with Gasteiger partial charge in [-0.15, -0.1) is 9.89 Å². The van der Waals surface area contributed by atoms with Gasteiger partial charge in [0.2, 0.25) is 5.65 Å². The highest BCUT2D eigenvalue weighted by Gasteiger charge is 2.07. The smallest absolute Gasteiger partial charge is 0.202 e. The first-order valence-electron chi connectivity index (χ1n) is 4.92. The summed E-state index contributed by atoms with van der Waals surface area (Å²) < 4.78 is 0. The zero-order chi connectivity index (χ0) is 10.7. The van der Waals surface area contributed by atoms with E-state index in [-0.39, 0.29) is 0 Å². The number of unbranched alkanes of at least 4 members (excludes halogenated alkanes) is 1. The van der Waals surface area contributed by atoms with Gasteiger partial charge in [-0.3, -0.25) is 0 Å². The maximum atomic E-state index is 5.95. The highest BCUT2D eigenvalue weighted by Crippen LogP contribution is 2.17. The van der Waals surface area contributed by atoms with Crippen molar-refractivity contribution in [2.24, 2.45) is 0 Å². The summed E-state index contributed by atoms with van der Waals surface area (Å²) in [6.07, 6.45) is 3.86. The normalized spacial score (nSPS) is 10.8. The monoisotopic (exact) mass is 225 g/mol. The standard InChI is InChI=1S/C9H12ClN5/c1-2-3-5-12-15-9-8(13-14-15)7(10)4-6-11-9/h4,6,12H,2-3,5H2,1H3. The Bertz CT molecular complexity index is 453. The van der Waals surface area contributed by atoms with Crippen molar-refractivity contribution >= 4 is 22.8 Å². The summed E-state index contributed by atoms with van der Waals surface area (Å²) in [6, 6.07) is 1.70. The minimum absolute atomic E-state index is 0.573. The van der Waals surface area contributed by atoms with E-state index in [1.807, 2.05) is 0 Å². The number of halogens is 1.